The lowest BCUT2D eigenvalue weighted by atomic mass is 10.0. The van der Waals surface area contributed by atoms with Crippen molar-refractivity contribution in [2.75, 3.05) is 13.2 Å². The van der Waals surface area contributed by atoms with Crippen molar-refractivity contribution in [3.8, 4) is 0 Å². The molecule has 2 rings (SSSR count). The second kappa shape index (κ2) is 7.92. The van der Waals surface area contributed by atoms with Crippen LogP contribution in [0.3, 0.4) is 0 Å². The van der Waals surface area contributed by atoms with Crippen molar-refractivity contribution in [1.82, 2.24) is 5.32 Å². The van der Waals surface area contributed by atoms with Crippen molar-refractivity contribution in [3.05, 3.63) is 57.5 Å². The number of halogens is 1. The molecule has 0 aliphatic rings. The number of ketones is 1. The number of furan rings is 1. The first-order chi connectivity index (χ1) is 11.4. The van der Waals surface area contributed by atoms with Gasteiger partial charge in [0.15, 0.2) is 17.0 Å². The molecule has 1 aromatic heterocycles. The number of carbonyl (C=O) groups excluding carboxylic acids is 3. The van der Waals surface area contributed by atoms with Crippen LogP contribution in [-0.4, -0.2) is 30.8 Å². The number of amides is 1. The third kappa shape index (κ3) is 4.79. The van der Waals surface area contributed by atoms with E-state index in [0.717, 1.165) is 11.1 Å². The molecule has 0 aliphatic heterocycles. The van der Waals surface area contributed by atoms with Gasteiger partial charge in [0, 0.05) is 5.56 Å². The molecule has 0 unspecified atom stereocenters. The zero-order valence-electron chi connectivity index (χ0n) is 13.2. The molecule has 0 fully saturated rings. The van der Waals surface area contributed by atoms with Gasteiger partial charge in [0.05, 0.1) is 0 Å². The second-order valence-electron chi connectivity index (χ2n) is 5.19. The molecule has 1 N–H and O–H groups in total. The minimum absolute atomic E-state index is 0.0704. The molecular formula is C17H16BrNO5. The molecule has 2 aromatic rings. The van der Waals surface area contributed by atoms with E-state index < -0.39 is 11.9 Å². The number of aryl methyl sites for hydroxylation is 2. The van der Waals surface area contributed by atoms with Crippen LogP contribution in [0, 0.1) is 13.8 Å². The number of Topliss-reactive ketones (excluding diaryl/α,β-unsaturated/α-hetero) is 1. The molecule has 0 spiro atoms. The van der Waals surface area contributed by atoms with Gasteiger partial charge < -0.3 is 14.5 Å². The van der Waals surface area contributed by atoms with E-state index >= 15 is 0 Å². The molecule has 7 heteroatoms. The van der Waals surface area contributed by atoms with Crippen LogP contribution in [0.1, 0.15) is 32.0 Å². The van der Waals surface area contributed by atoms with Crippen LogP contribution < -0.4 is 5.32 Å². The molecule has 6 nitrogen and oxygen atoms in total. The molecule has 0 saturated heterocycles. The fraction of sp³-hybridized carbons (Fsp3) is 0.235. The van der Waals surface area contributed by atoms with Crippen molar-refractivity contribution in [2.24, 2.45) is 0 Å². The average Bonchev–Trinajstić information content (AvgIpc) is 2.97. The number of ether oxygens (including phenoxy) is 1. The van der Waals surface area contributed by atoms with E-state index in [1.165, 1.54) is 6.07 Å². The van der Waals surface area contributed by atoms with E-state index in [0.29, 0.717) is 10.2 Å². The molecular weight excluding hydrogens is 378 g/mol. The van der Waals surface area contributed by atoms with Crippen LogP contribution in [0.4, 0.5) is 0 Å². The van der Waals surface area contributed by atoms with E-state index in [-0.39, 0.29) is 24.7 Å². The van der Waals surface area contributed by atoms with Gasteiger partial charge in [-0.3, -0.25) is 14.4 Å². The number of hydrogen-bond donors (Lipinski definition) is 1. The fourth-order valence-electron chi connectivity index (χ4n) is 2.08. The van der Waals surface area contributed by atoms with Crippen molar-refractivity contribution in [3.63, 3.8) is 0 Å². The Balaban J connectivity index is 1.80. The number of esters is 1. The summed E-state index contributed by atoms with van der Waals surface area (Å²) in [5.74, 6) is -1.46. The third-order valence-electron chi connectivity index (χ3n) is 3.24. The number of carbonyl (C=O) groups is 3. The SMILES string of the molecule is Cc1ccc(C(=O)COC(=O)CNC(=O)c2ccc(Br)o2)c(C)c1. The van der Waals surface area contributed by atoms with Crippen molar-refractivity contribution in [1.29, 1.82) is 0 Å². The molecule has 1 amide bonds. The van der Waals surface area contributed by atoms with Crippen LogP contribution >= 0.6 is 15.9 Å². The van der Waals surface area contributed by atoms with Gasteiger partial charge in [-0.1, -0.05) is 23.8 Å². The highest BCUT2D eigenvalue weighted by Gasteiger charge is 2.15. The Hall–Kier alpha value is -2.41. The monoisotopic (exact) mass is 393 g/mol. The zero-order chi connectivity index (χ0) is 17.7. The van der Waals surface area contributed by atoms with Crippen molar-refractivity contribution < 1.29 is 23.5 Å². The third-order valence-corrected chi connectivity index (χ3v) is 3.66. The van der Waals surface area contributed by atoms with E-state index in [4.69, 9.17) is 9.15 Å². The average molecular weight is 394 g/mol. The summed E-state index contributed by atoms with van der Waals surface area (Å²) in [4.78, 5) is 35.4. The Morgan fingerprint density at radius 3 is 2.54 bits per heavy atom. The Morgan fingerprint density at radius 1 is 1.17 bits per heavy atom. The maximum Gasteiger partial charge on any atom is 0.325 e. The summed E-state index contributed by atoms with van der Waals surface area (Å²) in [5, 5.41) is 2.36. The van der Waals surface area contributed by atoms with E-state index in [9.17, 15) is 14.4 Å². The van der Waals surface area contributed by atoms with Crippen LogP contribution in [0.2, 0.25) is 0 Å². The lowest BCUT2D eigenvalue weighted by molar-refractivity contribution is -0.141. The maximum atomic E-state index is 12.1. The van der Waals surface area contributed by atoms with Gasteiger partial charge in [0.1, 0.15) is 6.54 Å². The largest absolute Gasteiger partial charge is 0.456 e. The molecule has 0 aliphatic carbocycles. The topological polar surface area (TPSA) is 85.6 Å². The lowest BCUT2D eigenvalue weighted by Crippen LogP contribution is -2.31. The van der Waals surface area contributed by atoms with E-state index in [2.05, 4.69) is 21.2 Å². The number of benzene rings is 1. The smallest absolute Gasteiger partial charge is 0.325 e. The summed E-state index contributed by atoms with van der Waals surface area (Å²) < 4.78 is 10.4. The van der Waals surface area contributed by atoms with Crippen molar-refractivity contribution >= 4 is 33.6 Å². The van der Waals surface area contributed by atoms with Crippen LogP contribution in [0.25, 0.3) is 0 Å². The van der Waals surface area contributed by atoms with Crippen LogP contribution in [0.5, 0.6) is 0 Å². The molecule has 24 heavy (non-hydrogen) atoms. The van der Waals surface area contributed by atoms with E-state index in [1.54, 1.807) is 12.1 Å². The predicted octanol–water partition coefficient (Wildman–Crippen LogP) is 2.81. The number of rotatable bonds is 6. The summed E-state index contributed by atoms with van der Waals surface area (Å²) in [6.45, 7) is 3.04. The highest BCUT2D eigenvalue weighted by molar-refractivity contribution is 9.10. The number of nitrogens with one attached hydrogen (secondary N) is 1. The maximum absolute atomic E-state index is 12.1. The van der Waals surface area contributed by atoms with Gasteiger partial charge in [0.2, 0.25) is 5.78 Å². The second-order valence-corrected chi connectivity index (χ2v) is 5.97. The van der Waals surface area contributed by atoms with Gasteiger partial charge in [-0.25, -0.2) is 0 Å². The molecule has 126 valence electrons. The Labute approximate surface area is 147 Å². The minimum Gasteiger partial charge on any atom is -0.456 e. The van der Waals surface area contributed by atoms with Crippen molar-refractivity contribution in [2.45, 2.75) is 13.8 Å². The molecule has 0 bridgehead atoms. The first-order valence-corrected chi connectivity index (χ1v) is 7.95. The molecule has 1 heterocycles. The van der Waals surface area contributed by atoms with Crippen LogP contribution in [0.15, 0.2) is 39.4 Å². The van der Waals surface area contributed by atoms with Gasteiger partial charge in [-0.15, -0.1) is 0 Å². The van der Waals surface area contributed by atoms with Gasteiger partial charge in [0.25, 0.3) is 5.91 Å². The van der Waals surface area contributed by atoms with Gasteiger partial charge in [-0.2, -0.15) is 0 Å². The van der Waals surface area contributed by atoms with E-state index in [1.807, 2.05) is 26.0 Å². The summed E-state index contributed by atoms with van der Waals surface area (Å²) in [5.41, 5.74) is 2.39. The van der Waals surface area contributed by atoms with Gasteiger partial charge >= 0.3 is 5.97 Å². The predicted molar refractivity (Wildman–Crippen MR) is 89.9 cm³/mol. The molecule has 0 saturated carbocycles. The highest BCUT2D eigenvalue weighted by atomic mass is 79.9. The summed E-state index contributed by atoms with van der Waals surface area (Å²) in [6.07, 6.45) is 0. The normalized spacial score (nSPS) is 10.3. The Bertz CT molecular complexity index is 781. The summed E-state index contributed by atoms with van der Waals surface area (Å²) >= 11 is 3.08. The first-order valence-electron chi connectivity index (χ1n) is 7.16. The Morgan fingerprint density at radius 2 is 1.92 bits per heavy atom. The van der Waals surface area contributed by atoms with Crippen LogP contribution in [-0.2, 0) is 9.53 Å². The minimum atomic E-state index is -0.702. The zero-order valence-corrected chi connectivity index (χ0v) is 14.8. The lowest BCUT2D eigenvalue weighted by Gasteiger charge is -2.07. The first kappa shape index (κ1) is 17.9. The van der Waals surface area contributed by atoms with Gasteiger partial charge in [-0.05, 0) is 47.5 Å². The Kier molecular flexibility index (Phi) is 5.92. The quantitative estimate of drug-likeness (QED) is 0.602. The molecule has 0 radical (unpaired) electrons. The highest BCUT2D eigenvalue weighted by Crippen LogP contribution is 2.13. The molecule has 0 atom stereocenters. The fourth-order valence-corrected chi connectivity index (χ4v) is 2.38. The standard InChI is InChI=1S/C17H16BrNO5/c1-10-3-4-12(11(2)7-10)13(20)9-23-16(21)8-19-17(22)14-5-6-15(18)24-14/h3-7H,8-9H2,1-2H3,(H,19,22). The number of hydrogen-bond acceptors (Lipinski definition) is 5. The molecule has 1 aromatic carbocycles. The summed E-state index contributed by atoms with van der Waals surface area (Å²) in [7, 11) is 0. The summed E-state index contributed by atoms with van der Waals surface area (Å²) in [6, 6.07) is 8.45.